The Kier molecular flexibility index (Phi) is 7.88. The second-order valence-electron chi connectivity index (χ2n) is 8.45. The molecule has 0 unspecified atom stereocenters. The number of carbonyl (C=O) groups excluding carboxylic acids is 3. The highest BCUT2D eigenvalue weighted by Gasteiger charge is 2.36. The Labute approximate surface area is 215 Å². The van der Waals surface area contributed by atoms with Crippen LogP contribution in [0.1, 0.15) is 23.6 Å². The van der Waals surface area contributed by atoms with Gasteiger partial charge in [-0.05, 0) is 79.9 Å². The number of ether oxygens (including phenoxy) is 3. The normalized spacial score (nSPS) is 14.5. The van der Waals surface area contributed by atoms with Crippen LogP contribution in [0.25, 0.3) is 6.08 Å². The van der Waals surface area contributed by atoms with E-state index in [4.69, 9.17) is 14.2 Å². The molecule has 190 valence electrons. The zero-order valence-electron chi connectivity index (χ0n) is 20.9. The van der Waals surface area contributed by atoms with Crippen LogP contribution in [-0.4, -0.2) is 37.7 Å². The predicted molar refractivity (Wildman–Crippen MR) is 140 cm³/mol. The summed E-state index contributed by atoms with van der Waals surface area (Å²) in [5.41, 5.74) is 2.75. The van der Waals surface area contributed by atoms with Crippen LogP contribution >= 0.6 is 0 Å². The summed E-state index contributed by atoms with van der Waals surface area (Å²) in [6.45, 7) is 6.73. The topological polar surface area (TPSA) is 94.2 Å². The summed E-state index contributed by atoms with van der Waals surface area (Å²) in [5.74, 6) is 0.274. The van der Waals surface area contributed by atoms with Gasteiger partial charge in [-0.25, -0.2) is 9.69 Å². The van der Waals surface area contributed by atoms with Crippen molar-refractivity contribution >= 4 is 29.6 Å². The number of aryl methyl sites for hydroxylation is 2. The van der Waals surface area contributed by atoms with E-state index in [1.54, 1.807) is 36.4 Å². The number of hydrogen-bond donors (Lipinski definition) is 1. The zero-order valence-corrected chi connectivity index (χ0v) is 20.9. The SMILES string of the molecule is CCOc1cc(/C=C2/C(=O)NC(=O)N(c3cccc(C)c3)C2=O)ccc1OCCOc1cccc(C)c1. The maximum absolute atomic E-state index is 13.2. The molecule has 0 radical (unpaired) electrons. The first-order valence-electron chi connectivity index (χ1n) is 11.9. The summed E-state index contributed by atoms with van der Waals surface area (Å²) in [4.78, 5) is 39.1. The fraction of sp³-hybridized carbons (Fsp3) is 0.207. The van der Waals surface area contributed by atoms with Crippen molar-refractivity contribution in [2.24, 2.45) is 0 Å². The maximum Gasteiger partial charge on any atom is 0.335 e. The second kappa shape index (κ2) is 11.4. The Bertz CT molecular complexity index is 1360. The lowest BCUT2D eigenvalue weighted by molar-refractivity contribution is -0.122. The number of barbiturate groups is 1. The molecule has 8 heteroatoms. The van der Waals surface area contributed by atoms with Crippen LogP contribution in [0.3, 0.4) is 0 Å². The average molecular weight is 501 g/mol. The Balaban J connectivity index is 1.51. The standard InChI is InChI=1S/C29H28N2O6/c1-4-35-26-18-21(11-12-25(26)37-14-13-36-23-10-6-8-20(3)16-23)17-24-27(32)30-29(34)31(28(24)33)22-9-5-7-19(2)15-22/h5-12,15-18H,4,13-14H2,1-3H3,(H,30,32,34)/b24-17-. The minimum Gasteiger partial charge on any atom is -0.490 e. The first kappa shape index (κ1) is 25.5. The van der Waals surface area contributed by atoms with Crippen LogP contribution in [0.4, 0.5) is 10.5 Å². The quantitative estimate of drug-likeness (QED) is 0.257. The molecule has 0 spiro atoms. The number of nitrogens with one attached hydrogen (secondary N) is 1. The number of amides is 4. The summed E-state index contributed by atoms with van der Waals surface area (Å²) >= 11 is 0. The Hall–Kier alpha value is -4.59. The number of nitrogens with zero attached hydrogens (tertiary/aromatic N) is 1. The molecular formula is C29H28N2O6. The van der Waals surface area contributed by atoms with Crippen molar-refractivity contribution < 1.29 is 28.6 Å². The molecule has 1 fully saturated rings. The van der Waals surface area contributed by atoms with Gasteiger partial charge in [0.25, 0.3) is 11.8 Å². The van der Waals surface area contributed by atoms with Crippen molar-refractivity contribution in [2.45, 2.75) is 20.8 Å². The third-order valence-corrected chi connectivity index (χ3v) is 5.54. The molecule has 4 rings (SSSR count). The Morgan fingerprint density at radius 1 is 0.811 bits per heavy atom. The number of urea groups is 1. The van der Waals surface area contributed by atoms with Gasteiger partial charge in [0.05, 0.1) is 12.3 Å². The third-order valence-electron chi connectivity index (χ3n) is 5.54. The smallest absolute Gasteiger partial charge is 0.335 e. The van der Waals surface area contributed by atoms with E-state index in [-0.39, 0.29) is 5.57 Å². The predicted octanol–water partition coefficient (Wildman–Crippen LogP) is 4.83. The fourth-order valence-electron chi connectivity index (χ4n) is 3.84. The summed E-state index contributed by atoms with van der Waals surface area (Å²) in [6.07, 6.45) is 1.43. The number of imide groups is 2. The summed E-state index contributed by atoms with van der Waals surface area (Å²) in [5, 5.41) is 2.24. The number of carbonyl (C=O) groups is 3. The minimum atomic E-state index is -0.788. The highest BCUT2D eigenvalue weighted by molar-refractivity contribution is 6.39. The molecular weight excluding hydrogens is 472 g/mol. The molecule has 1 heterocycles. The molecule has 4 amide bonds. The van der Waals surface area contributed by atoms with Gasteiger partial charge in [-0.2, -0.15) is 0 Å². The van der Waals surface area contributed by atoms with Crippen LogP contribution in [0, 0.1) is 13.8 Å². The molecule has 0 atom stereocenters. The number of benzene rings is 3. The van der Waals surface area contributed by atoms with Crippen molar-refractivity contribution in [3.63, 3.8) is 0 Å². The van der Waals surface area contributed by atoms with Gasteiger partial charge in [-0.15, -0.1) is 0 Å². The van der Waals surface area contributed by atoms with Gasteiger partial charge < -0.3 is 14.2 Å². The van der Waals surface area contributed by atoms with E-state index in [9.17, 15) is 14.4 Å². The molecule has 8 nitrogen and oxygen atoms in total. The molecule has 0 aliphatic carbocycles. The Morgan fingerprint density at radius 3 is 2.27 bits per heavy atom. The van der Waals surface area contributed by atoms with E-state index in [1.807, 2.05) is 51.1 Å². The van der Waals surface area contributed by atoms with Gasteiger partial charge in [-0.3, -0.25) is 14.9 Å². The van der Waals surface area contributed by atoms with Gasteiger partial charge in [-0.1, -0.05) is 30.3 Å². The van der Waals surface area contributed by atoms with Crippen molar-refractivity contribution in [1.82, 2.24) is 5.32 Å². The van der Waals surface area contributed by atoms with Gasteiger partial charge >= 0.3 is 6.03 Å². The number of hydrogen-bond acceptors (Lipinski definition) is 6. The van der Waals surface area contributed by atoms with Crippen LogP contribution in [0.5, 0.6) is 17.2 Å². The van der Waals surface area contributed by atoms with Crippen LogP contribution in [0.2, 0.25) is 0 Å². The van der Waals surface area contributed by atoms with Crippen LogP contribution in [-0.2, 0) is 9.59 Å². The van der Waals surface area contributed by atoms with Crippen molar-refractivity contribution in [3.05, 3.63) is 89.0 Å². The summed E-state index contributed by atoms with van der Waals surface area (Å²) < 4.78 is 17.3. The van der Waals surface area contributed by atoms with E-state index in [1.165, 1.54) is 6.08 Å². The van der Waals surface area contributed by atoms with Gasteiger partial charge in [0.15, 0.2) is 11.5 Å². The van der Waals surface area contributed by atoms with E-state index in [0.29, 0.717) is 42.6 Å². The lowest BCUT2D eigenvalue weighted by atomic mass is 10.1. The zero-order chi connectivity index (χ0) is 26.4. The molecule has 1 N–H and O–H groups in total. The fourth-order valence-corrected chi connectivity index (χ4v) is 3.84. The van der Waals surface area contributed by atoms with Crippen LogP contribution in [0.15, 0.2) is 72.3 Å². The molecule has 0 bridgehead atoms. The van der Waals surface area contributed by atoms with E-state index >= 15 is 0 Å². The van der Waals surface area contributed by atoms with Crippen LogP contribution < -0.4 is 24.4 Å². The van der Waals surface area contributed by atoms with E-state index in [0.717, 1.165) is 21.8 Å². The van der Waals surface area contributed by atoms with Crippen molar-refractivity contribution in [2.75, 3.05) is 24.7 Å². The molecule has 1 aliphatic rings. The lowest BCUT2D eigenvalue weighted by Gasteiger charge is -2.26. The molecule has 3 aromatic rings. The van der Waals surface area contributed by atoms with Gasteiger partial charge in [0, 0.05) is 0 Å². The molecule has 37 heavy (non-hydrogen) atoms. The monoisotopic (exact) mass is 500 g/mol. The van der Waals surface area contributed by atoms with E-state index in [2.05, 4.69) is 5.32 Å². The largest absolute Gasteiger partial charge is 0.490 e. The summed E-state index contributed by atoms with van der Waals surface area (Å²) in [6, 6.07) is 19.0. The minimum absolute atomic E-state index is 0.163. The van der Waals surface area contributed by atoms with E-state index < -0.39 is 17.8 Å². The molecule has 1 aliphatic heterocycles. The number of anilines is 1. The second-order valence-corrected chi connectivity index (χ2v) is 8.45. The molecule has 0 saturated carbocycles. The number of rotatable bonds is 9. The molecule has 3 aromatic carbocycles. The van der Waals surface area contributed by atoms with Crippen molar-refractivity contribution in [3.8, 4) is 17.2 Å². The first-order valence-corrected chi connectivity index (χ1v) is 11.9. The molecule has 0 aromatic heterocycles. The van der Waals surface area contributed by atoms with Gasteiger partial charge in [0.2, 0.25) is 0 Å². The Morgan fingerprint density at radius 2 is 1.54 bits per heavy atom. The van der Waals surface area contributed by atoms with Gasteiger partial charge in [0.1, 0.15) is 24.5 Å². The highest BCUT2D eigenvalue weighted by Crippen LogP contribution is 2.30. The first-order chi connectivity index (χ1) is 17.9. The van der Waals surface area contributed by atoms with Crippen molar-refractivity contribution in [1.29, 1.82) is 0 Å². The highest BCUT2D eigenvalue weighted by atomic mass is 16.5. The maximum atomic E-state index is 13.2. The lowest BCUT2D eigenvalue weighted by Crippen LogP contribution is -2.54. The molecule has 1 saturated heterocycles. The average Bonchev–Trinajstić information content (AvgIpc) is 2.85. The summed E-state index contributed by atoms with van der Waals surface area (Å²) in [7, 11) is 0. The third kappa shape index (κ3) is 6.16.